The number of nitrogens with one attached hydrogen (secondary N) is 1. The van der Waals surface area contributed by atoms with Crippen LogP contribution in [0, 0.1) is 0 Å². The maximum atomic E-state index is 5.41. The van der Waals surface area contributed by atoms with Crippen molar-refractivity contribution in [1.82, 2.24) is 10.5 Å². The molecular weight excluding hydrogens is 188 g/mol. The molecule has 0 radical (unpaired) electrons. The van der Waals surface area contributed by atoms with Gasteiger partial charge in [-0.2, -0.15) is 0 Å². The summed E-state index contributed by atoms with van der Waals surface area (Å²) in [4.78, 5) is 0. The number of hydrogen-bond acceptors (Lipinski definition) is 3. The lowest BCUT2D eigenvalue weighted by molar-refractivity contribution is 0.358. The van der Waals surface area contributed by atoms with Crippen LogP contribution in [0.3, 0.4) is 0 Å². The van der Waals surface area contributed by atoms with Crippen LogP contribution in [0.25, 0.3) is 0 Å². The van der Waals surface area contributed by atoms with Crippen molar-refractivity contribution in [2.45, 2.75) is 57.0 Å². The second kappa shape index (κ2) is 3.97. The highest BCUT2D eigenvalue weighted by Crippen LogP contribution is 2.35. The summed E-state index contributed by atoms with van der Waals surface area (Å²) < 4.78 is 5.41. The minimum absolute atomic E-state index is 0.642. The summed E-state index contributed by atoms with van der Waals surface area (Å²) in [5.41, 5.74) is 1.29. The second-order valence-electron chi connectivity index (χ2n) is 4.85. The Labute approximate surface area is 90.2 Å². The molecule has 3 nitrogen and oxygen atoms in total. The number of hydrogen-bond donors (Lipinski definition) is 1. The molecule has 82 valence electrons. The molecule has 1 N–H and O–H groups in total. The zero-order chi connectivity index (χ0) is 10.1. The minimum Gasteiger partial charge on any atom is -0.361 e. The first-order valence-electron chi connectivity index (χ1n) is 6.10. The van der Waals surface area contributed by atoms with Gasteiger partial charge in [-0.1, -0.05) is 18.0 Å². The number of nitrogens with zero attached hydrogens (tertiary/aromatic N) is 1. The molecule has 2 fully saturated rings. The molecule has 3 heteroatoms. The highest BCUT2D eigenvalue weighted by Gasteiger charge is 2.25. The van der Waals surface area contributed by atoms with Gasteiger partial charge >= 0.3 is 0 Å². The highest BCUT2D eigenvalue weighted by atomic mass is 16.5. The predicted molar refractivity (Wildman–Crippen MR) is 57.6 cm³/mol. The Morgan fingerprint density at radius 1 is 1.27 bits per heavy atom. The van der Waals surface area contributed by atoms with Crippen molar-refractivity contribution in [1.29, 1.82) is 0 Å². The van der Waals surface area contributed by atoms with Gasteiger partial charge in [-0.25, -0.2) is 0 Å². The fraction of sp³-hybridized carbons (Fsp3) is 0.750. The Morgan fingerprint density at radius 3 is 2.80 bits per heavy atom. The van der Waals surface area contributed by atoms with Crippen LogP contribution in [0.4, 0.5) is 0 Å². The first-order chi connectivity index (χ1) is 7.43. The average Bonchev–Trinajstić information content (AvgIpc) is 2.79. The van der Waals surface area contributed by atoms with Crippen LogP contribution >= 0.6 is 0 Å². The van der Waals surface area contributed by atoms with E-state index in [2.05, 4.69) is 10.5 Å². The van der Waals surface area contributed by atoms with Crippen molar-refractivity contribution in [2.75, 3.05) is 0 Å². The normalized spacial score (nSPS) is 22.4. The fourth-order valence-corrected chi connectivity index (χ4v) is 2.47. The molecule has 0 atom stereocenters. The van der Waals surface area contributed by atoms with Gasteiger partial charge in [0.05, 0.1) is 6.20 Å². The molecule has 15 heavy (non-hydrogen) atoms. The zero-order valence-corrected chi connectivity index (χ0v) is 9.04. The van der Waals surface area contributed by atoms with Gasteiger partial charge in [0.2, 0.25) is 0 Å². The third-order valence-electron chi connectivity index (χ3n) is 3.56. The molecule has 0 aromatic carbocycles. The van der Waals surface area contributed by atoms with Crippen molar-refractivity contribution in [3.8, 4) is 0 Å². The molecule has 0 amide bonds. The van der Waals surface area contributed by atoms with Gasteiger partial charge in [0.25, 0.3) is 0 Å². The Hall–Kier alpha value is -0.830. The minimum atomic E-state index is 0.642. The van der Waals surface area contributed by atoms with Crippen LogP contribution in [0.5, 0.6) is 0 Å². The summed E-state index contributed by atoms with van der Waals surface area (Å²) in [7, 11) is 0. The van der Waals surface area contributed by atoms with Crippen LogP contribution in [-0.2, 0) is 6.54 Å². The Morgan fingerprint density at radius 2 is 2.07 bits per heavy atom. The monoisotopic (exact) mass is 206 g/mol. The summed E-state index contributed by atoms with van der Waals surface area (Å²) in [5, 5.41) is 7.47. The predicted octanol–water partition coefficient (Wildman–Crippen LogP) is 2.58. The van der Waals surface area contributed by atoms with Gasteiger partial charge in [-0.15, -0.1) is 0 Å². The maximum absolute atomic E-state index is 5.41. The maximum Gasteiger partial charge on any atom is 0.144 e. The van der Waals surface area contributed by atoms with Gasteiger partial charge in [0, 0.05) is 24.1 Å². The average molecular weight is 206 g/mol. The standard InChI is InChI=1S/C12H18N2O/c1-2-4-9(3-1)12-10(8-14-15-12)7-13-11-5-6-11/h8-9,11,13H,1-7H2. The van der Waals surface area contributed by atoms with Crippen molar-refractivity contribution < 1.29 is 4.52 Å². The molecule has 0 saturated heterocycles. The molecule has 0 spiro atoms. The van der Waals surface area contributed by atoms with Crippen molar-refractivity contribution >= 4 is 0 Å². The van der Waals surface area contributed by atoms with Gasteiger partial charge in [-0.3, -0.25) is 0 Å². The summed E-state index contributed by atoms with van der Waals surface area (Å²) in [5.74, 6) is 1.80. The first kappa shape index (κ1) is 9.40. The summed E-state index contributed by atoms with van der Waals surface area (Å²) in [6.07, 6.45) is 9.83. The van der Waals surface area contributed by atoms with E-state index in [1.807, 2.05) is 6.20 Å². The Balaban J connectivity index is 1.67. The first-order valence-corrected chi connectivity index (χ1v) is 6.10. The van der Waals surface area contributed by atoms with E-state index in [0.29, 0.717) is 5.92 Å². The molecule has 2 aliphatic carbocycles. The molecule has 0 aliphatic heterocycles. The van der Waals surface area contributed by atoms with E-state index in [-0.39, 0.29) is 0 Å². The fourth-order valence-electron chi connectivity index (χ4n) is 2.47. The lowest BCUT2D eigenvalue weighted by Gasteiger charge is -2.07. The van der Waals surface area contributed by atoms with Crippen LogP contribution in [0.1, 0.15) is 55.8 Å². The smallest absolute Gasteiger partial charge is 0.144 e. The van der Waals surface area contributed by atoms with E-state index >= 15 is 0 Å². The number of rotatable bonds is 4. The molecule has 1 heterocycles. The molecule has 0 bridgehead atoms. The van der Waals surface area contributed by atoms with Crippen LogP contribution < -0.4 is 5.32 Å². The molecular formula is C12H18N2O. The quantitative estimate of drug-likeness (QED) is 0.822. The summed E-state index contributed by atoms with van der Waals surface area (Å²) in [6, 6.07) is 0.760. The summed E-state index contributed by atoms with van der Waals surface area (Å²) >= 11 is 0. The summed E-state index contributed by atoms with van der Waals surface area (Å²) in [6.45, 7) is 0.944. The van der Waals surface area contributed by atoms with Gasteiger partial charge < -0.3 is 9.84 Å². The van der Waals surface area contributed by atoms with Crippen LogP contribution in [-0.4, -0.2) is 11.2 Å². The second-order valence-corrected chi connectivity index (χ2v) is 4.85. The van der Waals surface area contributed by atoms with E-state index in [1.54, 1.807) is 0 Å². The van der Waals surface area contributed by atoms with Gasteiger partial charge in [0.1, 0.15) is 5.76 Å². The SMILES string of the molecule is c1noc(C2CCCC2)c1CNC1CC1. The molecule has 0 unspecified atom stereocenters. The molecule has 3 rings (SSSR count). The third-order valence-corrected chi connectivity index (χ3v) is 3.56. The van der Waals surface area contributed by atoms with E-state index < -0.39 is 0 Å². The Bertz CT molecular complexity index is 324. The van der Waals surface area contributed by atoms with Crippen molar-refractivity contribution in [3.63, 3.8) is 0 Å². The topological polar surface area (TPSA) is 38.1 Å². The molecule has 2 saturated carbocycles. The van der Waals surface area contributed by atoms with Gasteiger partial charge in [-0.05, 0) is 25.7 Å². The van der Waals surface area contributed by atoms with Crippen molar-refractivity contribution in [2.24, 2.45) is 0 Å². The molecule has 1 aromatic heterocycles. The third kappa shape index (κ3) is 2.07. The van der Waals surface area contributed by atoms with Crippen molar-refractivity contribution in [3.05, 3.63) is 17.5 Å². The van der Waals surface area contributed by atoms with E-state index in [9.17, 15) is 0 Å². The van der Waals surface area contributed by atoms with Gasteiger partial charge in [0.15, 0.2) is 0 Å². The zero-order valence-electron chi connectivity index (χ0n) is 9.04. The molecule has 1 aromatic rings. The Kier molecular flexibility index (Phi) is 2.49. The lowest BCUT2D eigenvalue weighted by atomic mass is 10.0. The van der Waals surface area contributed by atoms with E-state index in [1.165, 1.54) is 44.1 Å². The molecule has 2 aliphatic rings. The van der Waals surface area contributed by atoms with Crippen LogP contribution in [0.2, 0.25) is 0 Å². The number of aromatic nitrogens is 1. The van der Waals surface area contributed by atoms with E-state index in [0.717, 1.165) is 18.3 Å². The van der Waals surface area contributed by atoms with Crippen LogP contribution in [0.15, 0.2) is 10.7 Å². The lowest BCUT2D eigenvalue weighted by Crippen LogP contribution is -2.16. The largest absolute Gasteiger partial charge is 0.361 e. The van der Waals surface area contributed by atoms with E-state index in [4.69, 9.17) is 4.52 Å². The highest BCUT2D eigenvalue weighted by molar-refractivity contribution is 5.18.